The molecule has 0 heterocycles. The van der Waals surface area contributed by atoms with E-state index < -0.39 is 28.5 Å². The summed E-state index contributed by atoms with van der Waals surface area (Å²) in [5.74, 6) is -0.549. The van der Waals surface area contributed by atoms with Crippen LogP contribution in [0.4, 0.5) is 5.69 Å². The maximum absolute atomic E-state index is 14.1. The maximum atomic E-state index is 14.1. The molecule has 3 aromatic carbocycles. The molecule has 1 atom stereocenters. The smallest absolute Gasteiger partial charge is 0.264 e. The van der Waals surface area contributed by atoms with Gasteiger partial charge in [0.1, 0.15) is 18.3 Å². The number of carbonyl (C=O) groups excluding carboxylic acids is 2. The number of para-hydroxylation sites is 2. The predicted octanol–water partition coefficient (Wildman–Crippen LogP) is 6.43. The Bertz CT molecular complexity index is 1500. The second kappa shape index (κ2) is 15.0. The van der Waals surface area contributed by atoms with Crippen LogP contribution in [0.15, 0.2) is 71.6 Å². The molecular weight excluding hydrogens is 621 g/mol. The first kappa shape index (κ1) is 33.5. The number of nitrogens with one attached hydrogen (secondary N) is 1. The van der Waals surface area contributed by atoms with Crippen molar-refractivity contribution in [3.63, 3.8) is 0 Å². The number of carbonyl (C=O) groups is 2. The van der Waals surface area contributed by atoms with Crippen LogP contribution < -0.4 is 14.4 Å². The number of rotatable bonds is 13. The number of hydrogen-bond donors (Lipinski definition) is 1. The van der Waals surface area contributed by atoms with Gasteiger partial charge in [0.25, 0.3) is 10.0 Å². The lowest BCUT2D eigenvalue weighted by atomic mass is 10.1. The lowest BCUT2D eigenvalue weighted by Gasteiger charge is -2.32. The third kappa shape index (κ3) is 8.53. The number of benzene rings is 3. The zero-order valence-electron chi connectivity index (χ0n) is 23.8. The average molecular weight is 655 g/mol. The van der Waals surface area contributed by atoms with E-state index >= 15 is 0 Å². The van der Waals surface area contributed by atoms with Gasteiger partial charge in [-0.15, -0.1) is 0 Å². The van der Waals surface area contributed by atoms with Crippen LogP contribution in [0.2, 0.25) is 15.1 Å². The predicted molar refractivity (Wildman–Crippen MR) is 168 cm³/mol. The standard InChI is InChI=1S/C30H34Cl3N3O5S/c1-5-41-28-9-7-6-8-27(28)36(42(39,40)25-14-12-23(31)13-15-25)19-29(37)35(21(4)30(38)34-17-20(2)3)18-22-10-11-24(32)16-26(22)33/h6-16,20-21H,5,17-19H2,1-4H3,(H,34,38)/t21-/m0/s1. The van der Waals surface area contributed by atoms with E-state index in [2.05, 4.69) is 5.32 Å². The van der Waals surface area contributed by atoms with Gasteiger partial charge in [0.2, 0.25) is 11.8 Å². The Morgan fingerprint density at radius 1 is 0.929 bits per heavy atom. The number of anilines is 1. The van der Waals surface area contributed by atoms with E-state index in [-0.39, 0.29) is 41.3 Å². The zero-order chi connectivity index (χ0) is 31.0. The highest BCUT2D eigenvalue weighted by Crippen LogP contribution is 2.33. The lowest BCUT2D eigenvalue weighted by Crippen LogP contribution is -2.51. The van der Waals surface area contributed by atoms with Crippen molar-refractivity contribution in [1.82, 2.24) is 10.2 Å². The van der Waals surface area contributed by atoms with Crippen molar-refractivity contribution < 1.29 is 22.7 Å². The molecule has 0 bridgehead atoms. The van der Waals surface area contributed by atoms with Crippen molar-refractivity contribution in [3.8, 4) is 5.75 Å². The summed E-state index contributed by atoms with van der Waals surface area (Å²) in [5.41, 5.74) is 0.712. The summed E-state index contributed by atoms with van der Waals surface area (Å²) >= 11 is 18.5. The SMILES string of the molecule is CCOc1ccccc1N(CC(=O)N(Cc1ccc(Cl)cc1Cl)[C@@H](C)C(=O)NCC(C)C)S(=O)(=O)c1ccc(Cl)cc1. The van der Waals surface area contributed by atoms with Crippen LogP contribution in [0.5, 0.6) is 5.75 Å². The monoisotopic (exact) mass is 653 g/mol. The fourth-order valence-corrected chi connectivity index (χ4v) is 6.08. The van der Waals surface area contributed by atoms with E-state index in [4.69, 9.17) is 39.5 Å². The van der Waals surface area contributed by atoms with Crippen molar-refractivity contribution >= 4 is 62.3 Å². The highest BCUT2D eigenvalue weighted by Gasteiger charge is 2.34. The second-order valence-corrected chi connectivity index (χ2v) is 13.1. The molecule has 42 heavy (non-hydrogen) atoms. The zero-order valence-corrected chi connectivity index (χ0v) is 26.9. The molecule has 1 N–H and O–H groups in total. The summed E-state index contributed by atoms with van der Waals surface area (Å²) in [6.07, 6.45) is 0. The number of ether oxygens (including phenoxy) is 1. The van der Waals surface area contributed by atoms with Crippen LogP contribution in [0, 0.1) is 5.92 Å². The van der Waals surface area contributed by atoms with Crippen molar-refractivity contribution in [1.29, 1.82) is 0 Å². The fraction of sp³-hybridized carbons (Fsp3) is 0.333. The molecule has 3 rings (SSSR count). The summed E-state index contributed by atoms with van der Waals surface area (Å²) < 4.78 is 34.8. The number of hydrogen-bond acceptors (Lipinski definition) is 5. The van der Waals surface area contributed by atoms with Gasteiger partial charge < -0.3 is 15.0 Å². The molecule has 8 nitrogen and oxygen atoms in total. The molecule has 0 unspecified atom stereocenters. The Labute approximate surface area is 262 Å². The molecule has 2 amide bonds. The Kier molecular flexibility index (Phi) is 11.9. The second-order valence-electron chi connectivity index (χ2n) is 9.94. The van der Waals surface area contributed by atoms with Gasteiger partial charge in [0.05, 0.1) is 17.2 Å². The summed E-state index contributed by atoms with van der Waals surface area (Å²) in [6.45, 7) is 7.26. The molecule has 0 fully saturated rings. The van der Waals surface area contributed by atoms with Crippen LogP contribution in [-0.4, -0.2) is 50.9 Å². The number of nitrogens with zero attached hydrogens (tertiary/aromatic N) is 2. The van der Waals surface area contributed by atoms with Crippen molar-refractivity contribution in [2.45, 2.75) is 45.2 Å². The van der Waals surface area contributed by atoms with Crippen molar-refractivity contribution in [2.24, 2.45) is 5.92 Å². The number of halogens is 3. The van der Waals surface area contributed by atoms with Gasteiger partial charge in [-0.05, 0) is 73.9 Å². The first-order valence-corrected chi connectivity index (χ1v) is 15.9. The van der Waals surface area contributed by atoms with Gasteiger partial charge in [-0.25, -0.2) is 8.42 Å². The normalized spacial score (nSPS) is 12.1. The van der Waals surface area contributed by atoms with Gasteiger partial charge in [-0.1, -0.05) is 66.8 Å². The first-order chi connectivity index (χ1) is 19.8. The Hall–Kier alpha value is -2.98. The molecule has 0 aliphatic heterocycles. The molecule has 0 saturated heterocycles. The Balaban J connectivity index is 2.09. The molecule has 0 spiro atoms. The largest absolute Gasteiger partial charge is 0.492 e. The molecule has 0 aliphatic rings. The topological polar surface area (TPSA) is 96.0 Å². The van der Waals surface area contributed by atoms with E-state index in [1.165, 1.54) is 29.2 Å². The molecule has 3 aromatic rings. The van der Waals surface area contributed by atoms with E-state index in [0.717, 1.165) is 4.31 Å². The first-order valence-electron chi connectivity index (χ1n) is 13.4. The van der Waals surface area contributed by atoms with Crippen molar-refractivity contribution in [2.75, 3.05) is 24.0 Å². The third-order valence-electron chi connectivity index (χ3n) is 6.32. The minimum atomic E-state index is -4.29. The third-order valence-corrected chi connectivity index (χ3v) is 8.93. The molecular formula is C30H34Cl3N3O5S. The van der Waals surface area contributed by atoms with E-state index in [1.54, 1.807) is 56.3 Å². The fourth-order valence-electron chi connectivity index (χ4n) is 4.06. The summed E-state index contributed by atoms with van der Waals surface area (Å²) in [6, 6.07) is 16.1. The minimum absolute atomic E-state index is 0.0625. The summed E-state index contributed by atoms with van der Waals surface area (Å²) in [7, 11) is -4.29. The van der Waals surface area contributed by atoms with Gasteiger partial charge in [0, 0.05) is 28.2 Å². The van der Waals surface area contributed by atoms with Crippen LogP contribution in [0.3, 0.4) is 0 Å². The lowest BCUT2D eigenvalue weighted by molar-refractivity contribution is -0.139. The summed E-state index contributed by atoms with van der Waals surface area (Å²) in [4.78, 5) is 28.5. The molecule has 226 valence electrons. The molecule has 0 radical (unpaired) electrons. The Morgan fingerprint density at radius 2 is 1.57 bits per heavy atom. The van der Waals surface area contributed by atoms with Crippen molar-refractivity contribution in [3.05, 3.63) is 87.4 Å². The molecule has 0 aliphatic carbocycles. The minimum Gasteiger partial charge on any atom is -0.492 e. The number of sulfonamides is 1. The molecule has 0 saturated carbocycles. The van der Waals surface area contributed by atoms with Gasteiger partial charge in [-0.2, -0.15) is 0 Å². The van der Waals surface area contributed by atoms with Crippen LogP contribution in [-0.2, 0) is 26.2 Å². The van der Waals surface area contributed by atoms with Crippen LogP contribution >= 0.6 is 34.8 Å². The van der Waals surface area contributed by atoms with Gasteiger partial charge >= 0.3 is 0 Å². The van der Waals surface area contributed by atoms with Crippen LogP contribution in [0.25, 0.3) is 0 Å². The number of amides is 2. The van der Waals surface area contributed by atoms with E-state index in [9.17, 15) is 18.0 Å². The quantitative estimate of drug-likeness (QED) is 0.229. The van der Waals surface area contributed by atoms with Gasteiger partial charge in [-0.3, -0.25) is 13.9 Å². The summed E-state index contributed by atoms with van der Waals surface area (Å²) in [5, 5.41) is 3.93. The highest BCUT2D eigenvalue weighted by atomic mass is 35.5. The van der Waals surface area contributed by atoms with E-state index in [0.29, 0.717) is 27.2 Å². The van der Waals surface area contributed by atoms with Crippen LogP contribution in [0.1, 0.15) is 33.3 Å². The van der Waals surface area contributed by atoms with E-state index in [1.807, 2.05) is 13.8 Å². The average Bonchev–Trinajstić information content (AvgIpc) is 2.94. The Morgan fingerprint density at radius 3 is 2.19 bits per heavy atom. The maximum Gasteiger partial charge on any atom is 0.264 e. The highest BCUT2D eigenvalue weighted by molar-refractivity contribution is 7.92. The van der Waals surface area contributed by atoms with Gasteiger partial charge in [0.15, 0.2) is 0 Å². The molecule has 0 aromatic heterocycles. The molecule has 12 heteroatoms.